The number of nitrogens with zero attached hydrogens (tertiary/aromatic N) is 2. The van der Waals surface area contributed by atoms with Gasteiger partial charge in [0.1, 0.15) is 5.82 Å². The molecule has 0 bridgehead atoms. The molecule has 1 fully saturated rings. The van der Waals surface area contributed by atoms with Crippen LogP contribution in [-0.4, -0.2) is 38.1 Å². The van der Waals surface area contributed by atoms with Gasteiger partial charge in [0.25, 0.3) is 5.56 Å². The van der Waals surface area contributed by atoms with Crippen molar-refractivity contribution in [1.29, 1.82) is 0 Å². The highest BCUT2D eigenvalue weighted by molar-refractivity contribution is 5.77. The van der Waals surface area contributed by atoms with Gasteiger partial charge in [0.05, 0.1) is 12.1 Å². The van der Waals surface area contributed by atoms with Crippen molar-refractivity contribution < 1.29 is 9.90 Å². The van der Waals surface area contributed by atoms with Crippen LogP contribution in [0.1, 0.15) is 56.7 Å². The largest absolute Gasteiger partial charge is 0.394 e. The van der Waals surface area contributed by atoms with Gasteiger partial charge >= 0.3 is 0 Å². The van der Waals surface area contributed by atoms with Crippen molar-refractivity contribution in [2.45, 2.75) is 64.3 Å². The summed E-state index contributed by atoms with van der Waals surface area (Å²) >= 11 is 0. The molecule has 0 spiro atoms. The van der Waals surface area contributed by atoms with Crippen molar-refractivity contribution >= 4 is 5.91 Å². The second kappa shape index (κ2) is 9.31. The summed E-state index contributed by atoms with van der Waals surface area (Å²) in [6.45, 7) is 3.63. The van der Waals surface area contributed by atoms with Crippen LogP contribution in [0.2, 0.25) is 0 Å². The van der Waals surface area contributed by atoms with Gasteiger partial charge in [-0.2, -0.15) is 0 Å². The summed E-state index contributed by atoms with van der Waals surface area (Å²) in [7, 11) is 0. The van der Waals surface area contributed by atoms with E-state index in [9.17, 15) is 14.7 Å². The molecule has 29 heavy (non-hydrogen) atoms. The smallest absolute Gasteiger partial charge is 0.254 e. The highest BCUT2D eigenvalue weighted by Gasteiger charge is 2.35. The van der Waals surface area contributed by atoms with Crippen molar-refractivity contribution in [2.75, 3.05) is 6.61 Å². The van der Waals surface area contributed by atoms with Crippen LogP contribution in [-0.2, 0) is 11.2 Å². The maximum Gasteiger partial charge on any atom is 0.254 e. The zero-order valence-electron chi connectivity index (χ0n) is 17.2. The minimum atomic E-state index is -0.609. The van der Waals surface area contributed by atoms with E-state index in [-0.39, 0.29) is 30.4 Å². The van der Waals surface area contributed by atoms with Crippen molar-refractivity contribution in [3.05, 3.63) is 46.1 Å². The molecular formula is C22H30N4O3. The summed E-state index contributed by atoms with van der Waals surface area (Å²) in [5.41, 5.74) is 1.08. The Labute approximate surface area is 171 Å². The molecule has 2 aromatic heterocycles. The molecule has 1 atom stereocenters. The lowest BCUT2D eigenvalue weighted by Crippen LogP contribution is -2.54. The number of amides is 1. The number of rotatable bonds is 7. The lowest BCUT2D eigenvalue weighted by atomic mass is 9.76. The first-order valence-corrected chi connectivity index (χ1v) is 10.3. The predicted octanol–water partition coefficient (Wildman–Crippen LogP) is 2.52. The van der Waals surface area contributed by atoms with Crippen LogP contribution < -0.4 is 10.9 Å². The summed E-state index contributed by atoms with van der Waals surface area (Å²) in [6, 6.07) is 3.57. The number of nitrogens with one attached hydrogen (secondary N) is 2. The third kappa shape index (κ3) is 5.09. The summed E-state index contributed by atoms with van der Waals surface area (Å²) in [6.07, 6.45) is 9.33. The van der Waals surface area contributed by atoms with Gasteiger partial charge in [-0.1, -0.05) is 19.3 Å². The third-order valence-corrected chi connectivity index (χ3v) is 6.04. The van der Waals surface area contributed by atoms with E-state index in [2.05, 4.69) is 20.3 Å². The molecule has 0 radical (unpaired) electrons. The van der Waals surface area contributed by atoms with Crippen molar-refractivity contribution in [1.82, 2.24) is 20.3 Å². The van der Waals surface area contributed by atoms with Crippen LogP contribution in [0.3, 0.4) is 0 Å². The molecule has 3 rings (SSSR count). The molecule has 3 N–H and O–H groups in total. The first kappa shape index (κ1) is 21.2. The topological polar surface area (TPSA) is 108 Å². The number of aromatic amines is 1. The Hall–Kier alpha value is -2.54. The number of aliphatic hydroxyl groups is 1. The third-order valence-electron chi connectivity index (χ3n) is 6.04. The molecular weight excluding hydrogens is 368 g/mol. The maximum atomic E-state index is 12.6. The molecule has 156 valence electrons. The van der Waals surface area contributed by atoms with Gasteiger partial charge in [-0.15, -0.1) is 0 Å². The van der Waals surface area contributed by atoms with E-state index in [1.807, 2.05) is 6.92 Å². The van der Waals surface area contributed by atoms with Crippen LogP contribution in [0, 0.1) is 12.8 Å². The number of aliphatic hydroxyl groups excluding tert-OH is 1. The first-order valence-electron chi connectivity index (χ1n) is 10.3. The second-order valence-corrected chi connectivity index (χ2v) is 8.17. The highest BCUT2D eigenvalue weighted by Crippen LogP contribution is 2.32. The minimum absolute atomic E-state index is 0.0782. The van der Waals surface area contributed by atoms with Gasteiger partial charge in [0, 0.05) is 35.6 Å². The normalized spacial score (nSPS) is 16.9. The molecule has 1 aliphatic rings. The van der Waals surface area contributed by atoms with E-state index in [0.29, 0.717) is 23.5 Å². The highest BCUT2D eigenvalue weighted by atomic mass is 16.3. The maximum absolute atomic E-state index is 12.6. The molecule has 1 unspecified atom stereocenters. The molecule has 1 aliphatic carbocycles. The van der Waals surface area contributed by atoms with E-state index in [1.54, 1.807) is 31.5 Å². The average molecular weight is 399 g/mol. The predicted molar refractivity (Wildman–Crippen MR) is 111 cm³/mol. The Morgan fingerprint density at radius 2 is 1.97 bits per heavy atom. The van der Waals surface area contributed by atoms with Crippen LogP contribution in [0.4, 0.5) is 0 Å². The molecule has 7 heteroatoms. The van der Waals surface area contributed by atoms with Gasteiger partial charge in [-0.05, 0) is 51.2 Å². The lowest BCUT2D eigenvalue weighted by Gasteiger charge is -2.39. The van der Waals surface area contributed by atoms with E-state index < -0.39 is 5.54 Å². The van der Waals surface area contributed by atoms with Gasteiger partial charge in [0.15, 0.2) is 0 Å². The van der Waals surface area contributed by atoms with Crippen LogP contribution in [0.5, 0.6) is 0 Å². The summed E-state index contributed by atoms with van der Waals surface area (Å²) < 4.78 is 0. The molecule has 7 nitrogen and oxygen atoms in total. The van der Waals surface area contributed by atoms with E-state index in [4.69, 9.17) is 0 Å². The Morgan fingerprint density at radius 1 is 1.28 bits per heavy atom. The fourth-order valence-electron chi connectivity index (χ4n) is 4.18. The van der Waals surface area contributed by atoms with Gasteiger partial charge in [-0.25, -0.2) is 4.98 Å². The van der Waals surface area contributed by atoms with Gasteiger partial charge in [-0.3, -0.25) is 14.6 Å². The van der Waals surface area contributed by atoms with E-state index in [0.717, 1.165) is 31.2 Å². The number of hydrogen-bond donors (Lipinski definition) is 3. The summed E-state index contributed by atoms with van der Waals surface area (Å²) in [5.74, 6) is 0.633. The lowest BCUT2D eigenvalue weighted by molar-refractivity contribution is -0.124. The fourth-order valence-corrected chi connectivity index (χ4v) is 4.18. The monoisotopic (exact) mass is 398 g/mol. The number of carbonyl (C=O) groups excluding carboxylic acids is 1. The number of H-pyrrole nitrogens is 1. The number of pyridine rings is 1. The Bertz CT molecular complexity index is 891. The Balaban J connectivity index is 1.66. The average Bonchev–Trinajstić information content (AvgIpc) is 2.74. The van der Waals surface area contributed by atoms with Crippen LogP contribution in [0.15, 0.2) is 29.3 Å². The van der Waals surface area contributed by atoms with Crippen LogP contribution in [0.25, 0.3) is 11.4 Å². The minimum Gasteiger partial charge on any atom is -0.394 e. The Morgan fingerprint density at radius 3 is 2.59 bits per heavy atom. The van der Waals surface area contributed by atoms with Crippen molar-refractivity contribution in [3.63, 3.8) is 0 Å². The molecule has 0 aromatic carbocycles. The molecule has 0 aliphatic heterocycles. The standard InChI is InChI=1S/C22H30N4O3/c1-15-18(21(29)25-20(24-15)16-10-12-23-13-11-16)8-9-19(28)26-22(2,14-27)17-6-4-3-5-7-17/h10-13,17,27H,3-9,14H2,1-2H3,(H,26,28)(H,24,25,29). The second-order valence-electron chi connectivity index (χ2n) is 8.17. The molecule has 1 saturated carbocycles. The summed E-state index contributed by atoms with van der Waals surface area (Å²) in [4.78, 5) is 36.4. The SMILES string of the molecule is Cc1nc(-c2ccncc2)[nH]c(=O)c1CCC(=O)NC(C)(CO)C1CCCCC1. The Kier molecular flexibility index (Phi) is 6.79. The van der Waals surface area contributed by atoms with Crippen molar-refractivity contribution in [2.24, 2.45) is 5.92 Å². The van der Waals surface area contributed by atoms with E-state index >= 15 is 0 Å². The number of aryl methyl sites for hydroxylation is 1. The molecule has 0 saturated heterocycles. The van der Waals surface area contributed by atoms with Gasteiger partial charge in [0.2, 0.25) is 5.91 Å². The summed E-state index contributed by atoms with van der Waals surface area (Å²) in [5, 5.41) is 12.9. The first-order chi connectivity index (χ1) is 13.9. The molecule has 2 heterocycles. The fraction of sp³-hybridized carbons (Fsp3) is 0.545. The molecule has 2 aromatic rings. The quantitative estimate of drug-likeness (QED) is 0.664. The van der Waals surface area contributed by atoms with Crippen LogP contribution >= 0.6 is 0 Å². The zero-order chi connectivity index (χ0) is 20.9. The van der Waals surface area contributed by atoms with E-state index in [1.165, 1.54) is 6.42 Å². The zero-order valence-corrected chi connectivity index (χ0v) is 17.2. The van der Waals surface area contributed by atoms with Gasteiger partial charge < -0.3 is 15.4 Å². The number of hydrogen-bond acceptors (Lipinski definition) is 5. The molecule has 1 amide bonds. The van der Waals surface area contributed by atoms with Crippen molar-refractivity contribution in [3.8, 4) is 11.4 Å². The number of carbonyl (C=O) groups is 1. The number of aromatic nitrogens is 3.